The summed E-state index contributed by atoms with van der Waals surface area (Å²) in [6.45, 7) is 4.40. The van der Waals surface area contributed by atoms with Crippen LogP contribution in [0.25, 0.3) is 0 Å². The number of carbonyl (C=O) groups excluding carboxylic acids is 2. The molecule has 0 aliphatic heterocycles. The molecule has 6 heteroatoms. The second kappa shape index (κ2) is 8.32. The highest BCUT2D eigenvalue weighted by molar-refractivity contribution is 7.98. The quantitative estimate of drug-likeness (QED) is 0.621. The number of thiophene rings is 1. The summed E-state index contributed by atoms with van der Waals surface area (Å²) in [6, 6.07) is 1.93. The van der Waals surface area contributed by atoms with Gasteiger partial charge in [0.2, 0.25) is 0 Å². The number of amides is 1. The van der Waals surface area contributed by atoms with E-state index >= 15 is 0 Å². The lowest BCUT2D eigenvalue weighted by Crippen LogP contribution is -2.34. The largest absolute Gasteiger partial charge is 0.469 e. The third-order valence-corrected chi connectivity index (χ3v) is 4.68. The maximum Gasteiger partial charge on any atom is 0.310 e. The molecule has 0 aromatic carbocycles. The van der Waals surface area contributed by atoms with Crippen molar-refractivity contribution in [2.45, 2.75) is 25.2 Å². The lowest BCUT2D eigenvalue weighted by Gasteiger charge is -2.17. The molecule has 1 atom stereocenters. The van der Waals surface area contributed by atoms with E-state index in [1.54, 1.807) is 11.8 Å². The van der Waals surface area contributed by atoms with Gasteiger partial charge in [0.05, 0.1) is 13.0 Å². The molecule has 4 nitrogen and oxygen atoms in total. The highest BCUT2D eigenvalue weighted by atomic mass is 32.2. The molecule has 1 amide bonds. The van der Waals surface area contributed by atoms with Gasteiger partial charge in [0.15, 0.2) is 0 Å². The van der Waals surface area contributed by atoms with Gasteiger partial charge in [-0.1, -0.05) is 13.8 Å². The number of rotatable bonds is 7. The highest BCUT2D eigenvalue weighted by Gasteiger charge is 2.22. The summed E-state index contributed by atoms with van der Waals surface area (Å²) in [5.74, 6) is -0.307. The Labute approximate surface area is 128 Å². The van der Waals surface area contributed by atoms with Crippen LogP contribution in [0.5, 0.6) is 0 Å². The summed E-state index contributed by atoms with van der Waals surface area (Å²) in [4.78, 5) is 25.5. The third kappa shape index (κ3) is 4.83. The van der Waals surface area contributed by atoms with Gasteiger partial charge in [-0.3, -0.25) is 9.59 Å². The van der Waals surface area contributed by atoms with E-state index in [0.717, 1.165) is 4.90 Å². The van der Waals surface area contributed by atoms with Crippen molar-refractivity contribution >= 4 is 35.0 Å². The molecular weight excluding hydrogens is 294 g/mol. The summed E-state index contributed by atoms with van der Waals surface area (Å²) < 4.78 is 4.79. The fraction of sp³-hybridized carbons (Fsp3) is 0.571. The molecule has 0 saturated heterocycles. The Hall–Kier alpha value is -1.01. The van der Waals surface area contributed by atoms with Crippen LogP contribution in [0.1, 0.15) is 29.9 Å². The lowest BCUT2D eigenvalue weighted by molar-refractivity contribution is -0.145. The average molecular weight is 315 g/mol. The van der Waals surface area contributed by atoms with Gasteiger partial charge in [0, 0.05) is 11.4 Å². The number of hydrogen-bond acceptors (Lipinski definition) is 5. The SMILES string of the molecule is COC(=O)[C@H](CNC(=O)c1sccc1SC)CC(C)C. The molecule has 0 fully saturated rings. The summed E-state index contributed by atoms with van der Waals surface area (Å²) in [5, 5.41) is 4.73. The summed E-state index contributed by atoms with van der Waals surface area (Å²) in [7, 11) is 1.38. The fourth-order valence-corrected chi connectivity index (χ4v) is 3.58. The summed E-state index contributed by atoms with van der Waals surface area (Å²) >= 11 is 2.96. The van der Waals surface area contributed by atoms with Gasteiger partial charge in [-0.15, -0.1) is 23.1 Å². The molecule has 1 N–H and O–H groups in total. The predicted octanol–water partition coefficient (Wildman–Crippen LogP) is 3.04. The number of methoxy groups -OCH3 is 1. The van der Waals surface area contributed by atoms with Crippen LogP contribution in [0.4, 0.5) is 0 Å². The van der Waals surface area contributed by atoms with Gasteiger partial charge in [-0.2, -0.15) is 0 Å². The minimum Gasteiger partial charge on any atom is -0.469 e. The molecule has 112 valence electrons. The summed E-state index contributed by atoms with van der Waals surface area (Å²) in [6.07, 6.45) is 2.64. The molecule has 1 aromatic rings. The molecule has 0 unspecified atom stereocenters. The smallest absolute Gasteiger partial charge is 0.310 e. The molecule has 0 radical (unpaired) electrons. The number of thioether (sulfide) groups is 1. The van der Waals surface area contributed by atoms with Crippen molar-refractivity contribution < 1.29 is 14.3 Å². The first-order chi connectivity index (χ1) is 9.49. The van der Waals surface area contributed by atoms with E-state index in [1.165, 1.54) is 18.4 Å². The van der Waals surface area contributed by atoms with Crippen molar-refractivity contribution in [2.24, 2.45) is 11.8 Å². The number of hydrogen-bond donors (Lipinski definition) is 1. The van der Waals surface area contributed by atoms with E-state index in [1.807, 2.05) is 31.5 Å². The lowest BCUT2D eigenvalue weighted by atomic mass is 9.97. The van der Waals surface area contributed by atoms with Gasteiger partial charge >= 0.3 is 5.97 Å². The zero-order valence-electron chi connectivity index (χ0n) is 12.3. The molecule has 1 rings (SSSR count). The molecule has 20 heavy (non-hydrogen) atoms. The molecule has 0 saturated carbocycles. The topological polar surface area (TPSA) is 55.4 Å². The Morgan fingerprint density at radius 3 is 2.70 bits per heavy atom. The molecule has 1 aromatic heterocycles. The monoisotopic (exact) mass is 315 g/mol. The Bertz CT molecular complexity index is 457. The maximum absolute atomic E-state index is 12.1. The van der Waals surface area contributed by atoms with E-state index in [-0.39, 0.29) is 17.8 Å². The van der Waals surface area contributed by atoms with Crippen LogP contribution in [-0.2, 0) is 9.53 Å². The van der Waals surface area contributed by atoms with Crippen molar-refractivity contribution in [3.05, 3.63) is 16.3 Å². The second-order valence-corrected chi connectivity index (χ2v) is 6.64. The van der Waals surface area contributed by atoms with Gasteiger partial charge in [-0.25, -0.2) is 0 Å². The highest BCUT2D eigenvalue weighted by Crippen LogP contribution is 2.25. The van der Waals surface area contributed by atoms with Crippen LogP contribution >= 0.6 is 23.1 Å². The fourth-order valence-electron chi connectivity index (χ4n) is 1.92. The van der Waals surface area contributed by atoms with Crippen LogP contribution in [0.2, 0.25) is 0 Å². The first-order valence-corrected chi connectivity index (χ1v) is 8.57. The van der Waals surface area contributed by atoms with Gasteiger partial charge in [0.25, 0.3) is 5.91 Å². The van der Waals surface area contributed by atoms with Crippen molar-refractivity contribution in [3.63, 3.8) is 0 Å². The minimum atomic E-state index is -0.290. The number of carbonyl (C=O) groups is 2. The Balaban J connectivity index is 2.63. The van der Waals surface area contributed by atoms with E-state index in [2.05, 4.69) is 5.32 Å². The van der Waals surface area contributed by atoms with E-state index in [0.29, 0.717) is 23.8 Å². The first kappa shape index (κ1) is 17.0. The van der Waals surface area contributed by atoms with Crippen molar-refractivity contribution in [1.82, 2.24) is 5.32 Å². The van der Waals surface area contributed by atoms with Crippen molar-refractivity contribution in [3.8, 4) is 0 Å². The van der Waals surface area contributed by atoms with Crippen molar-refractivity contribution in [2.75, 3.05) is 19.9 Å². The predicted molar refractivity (Wildman–Crippen MR) is 83.4 cm³/mol. The van der Waals surface area contributed by atoms with Gasteiger partial charge in [0.1, 0.15) is 4.88 Å². The second-order valence-electron chi connectivity index (χ2n) is 4.88. The average Bonchev–Trinajstić information content (AvgIpc) is 2.90. The van der Waals surface area contributed by atoms with Crippen molar-refractivity contribution in [1.29, 1.82) is 0 Å². The van der Waals surface area contributed by atoms with Crippen LogP contribution in [0.15, 0.2) is 16.3 Å². The first-order valence-electron chi connectivity index (χ1n) is 6.47. The molecule has 0 bridgehead atoms. The Morgan fingerprint density at radius 1 is 1.45 bits per heavy atom. The maximum atomic E-state index is 12.1. The molecule has 1 heterocycles. The van der Waals surface area contributed by atoms with Crippen LogP contribution in [0.3, 0.4) is 0 Å². The van der Waals surface area contributed by atoms with E-state index < -0.39 is 0 Å². The van der Waals surface area contributed by atoms with Crippen LogP contribution in [0, 0.1) is 11.8 Å². The number of ether oxygens (including phenoxy) is 1. The Morgan fingerprint density at radius 2 is 2.15 bits per heavy atom. The standard InChI is InChI=1S/C14H21NO3S2/c1-9(2)7-10(14(17)18-3)8-15-13(16)12-11(19-4)5-6-20-12/h5-6,9-10H,7-8H2,1-4H3,(H,15,16)/t10-/m0/s1. The summed E-state index contributed by atoms with van der Waals surface area (Å²) in [5.41, 5.74) is 0. The molecule has 0 aliphatic rings. The number of nitrogens with one attached hydrogen (secondary N) is 1. The zero-order valence-corrected chi connectivity index (χ0v) is 13.9. The van der Waals surface area contributed by atoms with Gasteiger partial charge < -0.3 is 10.1 Å². The van der Waals surface area contributed by atoms with E-state index in [4.69, 9.17) is 4.74 Å². The molecular formula is C14H21NO3S2. The van der Waals surface area contributed by atoms with Gasteiger partial charge in [-0.05, 0) is 30.0 Å². The molecule has 0 spiro atoms. The minimum absolute atomic E-state index is 0.123. The normalized spacial score (nSPS) is 12.2. The van der Waals surface area contributed by atoms with Crippen LogP contribution in [-0.4, -0.2) is 31.8 Å². The number of esters is 1. The molecule has 0 aliphatic carbocycles. The third-order valence-electron chi connectivity index (χ3n) is 2.85. The van der Waals surface area contributed by atoms with E-state index in [9.17, 15) is 9.59 Å². The Kier molecular flexibility index (Phi) is 7.09. The zero-order chi connectivity index (χ0) is 15.1. The van der Waals surface area contributed by atoms with Crippen LogP contribution < -0.4 is 5.32 Å².